The van der Waals surface area contributed by atoms with Gasteiger partial charge in [-0.25, -0.2) is 0 Å². The van der Waals surface area contributed by atoms with Crippen LogP contribution in [0.5, 0.6) is 5.75 Å². The predicted octanol–water partition coefficient (Wildman–Crippen LogP) is 3.50. The highest BCUT2D eigenvalue weighted by Gasteiger charge is 2.06. The van der Waals surface area contributed by atoms with Gasteiger partial charge in [-0.05, 0) is 37.1 Å². The van der Waals surface area contributed by atoms with Crippen molar-refractivity contribution >= 4 is 35.8 Å². The number of carbonyl (C=O) groups is 1. The molecule has 2 rings (SSSR count). The second-order valence-electron chi connectivity index (χ2n) is 6.43. The van der Waals surface area contributed by atoms with E-state index in [9.17, 15) is 4.79 Å². The van der Waals surface area contributed by atoms with Gasteiger partial charge in [-0.15, -0.1) is 24.0 Å². The number of rotatable bonds is 9. The van der Waals surface area contributed by atoms with Crippen molar-refractivity contribution in [3.05, 3.63) is 65.2 Å². The quantitative estimate of drug-likeness (QED) is 0.209. The number of aliphatic imine (C=N–C) groups is 1. The first-order chi connectivity index (χ1) is 13.6. The molecule has 3 N–H and O–H groups in total. The number of nitrogens with zero attached hydrogens (tertiary/aromatic N) is 1. The number of ether oxygens (including phenoxy) is 1. The number of aryl methyl sites for hydroxylation is 1. The highest BCUT2D eigenvalue weighted by molar-refractivity contribution is 14.0. The van der Waals surface area contributed by atoms with Gasteiger partial charge < -0.3 is 20.7 Å². The molecule has 0 unspecified atom stereocenters. The SMILES string of the molecule is CCCOc1cc(C)ccc1CNC(=NC)NCCNC(=O)c1ccccc1.I. The number of hydrogen-bond donors (Lipinski definition) is 3. The van der Waals surface area contributed by atoms with Crippen LogP contribution in [0.2, 0.25) is 0 Å². The van der Waals surface area contributed by atoms with Gasteiger partial charge in [-0.3, -0.25) is 9.79 Å². The van der Waals surface area contributed by atoms with E-state index in [4.69, 9.17) is 4.74 Å². The fourth-order valence-corrected chi connectivity index (χ4v) is 2.60. The van der Waals surface area contributed by atoms with Crippen LogP contribution in [0.25, 0.3) is 0 Å². The summed E-state index contributed by atoms with van der Waals surface area (Å²) in [6.07, 6.45) is 0.971. The summed E-state index contributed by atoms with van der Waals surface area (Å²) >= 11 is 0. The molecule has 0 spiro atoms. The Morgan fingerprint density at radius 3 is 2.45 bits per heavy atom. The molecule has 0 aromatic heterocycles. The Hall–Kier alpha value is -2.29. The smallest absolute Gasteiger partial charge is 0.251 e. The third kappa shape index (κ3) is 8.72. The summed E-state index contributed by atoms with van der Waals surface area (Å²) < 4.78 is 5.85. The molecule has 0 saturated heterocycles. The van der Waals surface area contributed by atoms with Gasteiger partial charge in [0.05, 0.1) is 6.61 Å². The molecule has 0 aliphatic heterocycles. The molecule has 0 aliphatic carbocycles. The maximum Gasteiger partial charge on any atom is 0.251 e. The first kappa shape index (κ1) is 24.7. The van der Waals surface area contributed by atoms with Crippen LogP contribution in [-0.4, -0.2) is 38.6 Å². The minimum absolute atomic E-state index is 0. The van der Waals surface area contributed by atoms with Crippen molar-refractivity contribution in [1.82, 2.24) is 16.0 Å². The summed E-state index contributed by atoms with van der Waals surface area (Å²) in [5.74, 6) is 1.50. The number of halogens is 1. The fraction of sp³-hybridized carbons (Fsp3) is 0.364. The number of carbonyl (C=O) groups excluding carboxylic acids is 1. The minimum atomic E-state index is -0.0808. The standard InChI is InChI=1S/C22H30N4O2.HI/c1-4-14-28-20-15-17(2)10-11-19(20)16-26-22(23-3)25-13-12-24-21(27)18-8-6-5-7-9-18;/h5-11,15H,4,12-14,16H2,1-3H3,(H,24,27)(H2,23,25,26);1H. The van der Waals surface area contributed by atoms with Crippen LogP contribution >= 0.6 is 24.0 Å². The second-order valence-corrected chi connectivity index (χ2v) is 6.43. The normalized spacial score (nSPS) is 10.7. The van der Waals surface area contributed by atoms with Gasteiger partial charge >= 0.3 is 0 Å². The average Bonchev–Trinajstić information content (AvgIpc) is 2.73. The van der Waals surface area contributed by atoms with E-state index >= 15 is 0 Å². The van der Waals surface area contributed by atoms with E-state index < -0.39 is 0 Å². The van der Waals surface area contributed by atoms with Crippen molar-refractivity contribution in [2.45, 2.75) is 26.8 Å². The van der Waals surface area contributed by atoms with Crippen LogP contribution in [0.3, 0.4) is 0 Å². The van der Waals surface area contributed by atoms with Crippen LogP contribution in [0, 0.1) is 6.92 Å². The van der Waals surface area contributed by atoms with Gasteiger partial charge in [0.25, 0.3) is 5.91 Å². The van der Waals surface area contributed by atoms with E-state index in [1.807, 2.05) is 18.2 Å². The minimum Gasteiger partial charge on any atom is -0.493 e. The first-order valence-corrected chi connectivity index (χ1v) is 9.64. The lowest BCUT2D eigenvalue weighted by atomic mass is 10.1. The van der Waals surface area contributed by atoms with Crippen LogP contribution in [0.1, 0.15) is 34.8 Å². The molecule has 29 heavy (non-hydrogen) atoms. The van der Waals surface area contributed by atoms with Crippen molar-refractivity contribution < 1.29 is 9.53 Å². The summed E-state index contributed by atoms with van der Waals surface area (Å²) in [7, 11) is 1.72. The van der Waals surface area contributed by atoms with Crippen molar-refractivity contribution in [3.63, 3.8) is 0 Å². The predicted molar refractivity (Wildman–Crippen MR) is 129 cm³/mol. The van der Waals surface area contributed by atoms with Gasteiger partial charge in [0, 0.05) is 37.8 Å². The first-order valence-electron chi connectivity index (χ1n) is 9.64. The molecule has 0 heterocycles. The lowest BCUT2D eigenvalue weighted by Crippen LogP contribution is -2.41. The topological polar surface area (TPSA) is 74.8 Å². The Labute approximate surface area is 190 Å². The number of hydrogen-bond acceptors (Lipinski definition) is 3. The maximum atomic E-state index is 12.0. The molecule has 0 fully saturated rings. The number of guanidine groups is 1. The molecule has 0 radical (unpaired) electrons. The van der Waals surface area contributed by atoms with Crippen molar-refractivity contribution in [3.8, 4) is 5.75 Å². The van der Waals surface area contributed by atoms with Crippen molar-refractivity contribution in [2.75, 3.05) is 26.7 Å². The fourth-order valence-electron chi connectivity index (χ4n) is 2.60. The Bertz CT molecular complexity index is 782. The largest absolute Gasteiger partial charge is 0.493 e. The van der Waals surface area contributed by atoms with Gasteiger partial charge in [-0.2, -0.15) is 0 Å². The zero-order valence-electron chi connectivity index (χ0n) is 17.3. The molecule has 7 heteroatoms. The summed E-state index contributed by atoms with van der Waals surface area (Å²) in [5.41, 5.74) is 2.91. The molecule has 0 bridgehead atoms. The molecule has 0 saturated carbocycles. The Kier molecular flexibility index (Phi) is 11.8. The Morgan fingerprint density at radius 1 is 1.03 bits per heavy atom. The maximum absolute atomic E-state index is 12.0. The Balaban J connectivity index is 0.00000420. The van der Waals surface area contributed by atoms with E-state index in [-0.39, 0.29) is 29.9 Å². The van der Waals surface area contributed by atoms with Crippen LogP contribution in [0.4, 0.5) is 0 Å². The summed E-state index contributed by atoms with van der Waals surface area (Å²) in [6, 6.07) is 15.4. The van der Waals surface area contributed by atoms with Gasteiger partial charge in [-0.1, -0.05) is 37.3 Å². The monoisotopic (exact) mass is 510 g/mol. The number of benzene rings is 2. The highest BCUT2D eigenvalue weighted by atomic mass is 127. The van der Waals surface area contributed by atoms with E-state index in [1.165, 1.54) is 5.56 Å². The van der Waals surface area contributed by atoms with Crippen molar-refractivity contribution in [2.24, 2.45) is 4.99 Å². The molecule has 158 valence electrons. The van der Waals surface area contributed by atoms with Gasteiger partial charge in [0.15, 0.2) is 5.96 Å². The number of amides is 1. The molecule has 1 amide bonds. The molecular weight excluding hydrogens is 479 g/mol. The van der Waals surface area contributed by atoms with Crippen LogP contribution < -0.4 is 20.7 Å². The van der Waals surface area contributed by atoms with E-state index in [1.54, 1.807) is 19.2 Å². The lowest BCUT2D eigenvalue weighted by molar-refractivity contribution is 0.0954. The highest BCUT2D eigenvalue weighted by Crippen LogP contribution is 2.20. The average molecular weight is 510 g/mol. The van der Waals surface area contributed by atoms with Crippen molar-refractivity contribution in [1.29, 1.82) is 0 Å². The number of nitrogens with one attached hydrogen (secondary N) is 3. The molecular formula is C22H31IN4O2. The van der Waals surface area contributed by atoms with Gasteiger partial charge in [0.1, 0.15) is 5.75 Å². The zero-order valence-corrected chi connectivity index (χ0v) is 19.7. The molecule has 2 aromatic rings. The lowest BCUT2D eigenvalue weighted by Gasteiger charge is -2.15. The summed E-state index contributed by atoms with van der Waals surface area (Å²) in [6.45, 7) is 6.53. The summed E-state index contributed by atoms with van der Waals surface area (Å²) in [5, 5.41) is 9.38. The molecule has 6 nitrogen and oxygen atoms in total. The van der Waals surface area contributed by atoms with E-state index in [2.05, 4.69) is 53.0 Å². The summed E-state index contributed by atoms with van der Waals surface area (Å²) in [4.78, 5) is 16.3. The van der Waals surface area contributed by atoms with Crippen LogP contribution in [-0.2, 0) is 6.54 Å². The zero-order chi connectivity index (χ0) is 20.2. The van der Waals surface area contributed by atoms with Crippen LogP contribution in [0.15, 0.2) is 53.5 Å². The van der Waals surface area contributed by atoms with E-state index in [0.29, 0.717) is 37.8 Å². The Morgan fingerprint density at radius 2 is 1.76 bits per heavy atom. The molecule has 2 aromatic carbocycles. The van der Waals surface area contributed by atoms with Gasteiger partial charge in [0.2, 0.25) is 0 Å². The molecule has 0 aliphatic rings. The third-order valence-corrected chi connectivity index (χ3v) is 4.09. The van der Waals surface area contributed by atoms with E-state index in [0.717, 1.165) is 17.7 Å². The second kappa shape index (κ2) is 13.8. The third-order valence-electron chi connectivity index (χ3n) is 4.09. The molecule has 0 atom stereocenters.